The molecule has 27 heavy (non-hydrogen) atoms. The van der Waals surface area contributed by atoms with Crippen LogP contribution in [0.4, 0.5) is 0 Å². The summed E-state index contributed by atoms with van der Waals surface area (Å²) in [4.78, 5) is 38.8. The number of esters is 1. The van der Waals surface area contributed by atoms with Crippen molar-refractivity contribution in [3.8, 4) is 0 Å². The van der Waals surface area contributed by atoms with Gasteiger partial charge in [0, 0.05) is 4.88 Å². The largest absolute Gasteiger partial charge is 0.509 e. The Morgan fingerprint density at radius 1 is 1.41 bits per heavy atom. The topological polar surface area (TPSA) is 95.9 Å². The van der Waals surface area contributed by atoms with Crippen LogP contribution >= 0.6 is 57.9 Å². The molecular formula is C15H13Cl3N2O5S2. The van der Waals surface area contributed by atoms with Gasteiger partial charge in [-0.05, 0) is 11.4 Å². The van der Waals surface area contributed by atoms with E-state index in [9.17, 15) is 19.5 Å². The lowest BCUT2D eigenvalue weighted by Crippen LogP contribution is -2.70. The number of aliphatic hydroxyl groups excluding tert-OH is 1. The standard InChI is InChI=1S/C15H13Cl3N2O5S2/c16-15(17,18)6-25-14(24)11-8(21)5-27-13-10(12(23)20(11)13)19-9(22)4-7-2-1-3-26-7/h1-3,10,13,21H,4-6H2,(H,19,22)/t10?,13-/m0/s1. The van der Waals surface area contributed by atoms with Crippen molar-refractivity contribution in [2.24, 2.45) is 0 Å². The molecule has 2 amide bonds. The number of carbonyl (C=O) groups excluding carboxylic acids is 3. The molecule has 0 spiro atoms. The Labute approximate surface area is 177 Å². The number of nitrogens with zero attached hydrogens (tertiary/aromatic N) is 1. The number of hydrogen-bond acceptors (Lipinski definition) is 7. The van der Waals surface area contributed by atoms with Gasteiger partial charge in [-0.2, -0.15) is 0 Å². The fraction of sp³-hybridized carbons (Fsp3) is 0.400. The average Bonchev–Trinajstić information content (AvgIpc) is 3.09. The van der Waals surface area contributed by atoms with E-state index in [0.717, 1.165) is 9.78 Å². The van der Waals surface area contributed by atoms with Gasteiger partial charge in [0.1, 0.15) is 23.8 Å². The van der Waals surface area contributed by atoms with Gasteiger partial charge in [0.15, 0.2) is 5.70 Å². The number of carbonyl (C=O) groups is 3. The number of halogens is 3. The molecule has 12 heteroatoms. The third-order valence-corrected chi connectivity index (χ3v) is 6.21. The van der Waals surface area contributed by atoms with E-state index in [1.807, 2.05) is 17.5 Å². The fourth-order valence-corrected chi connectivity index (χ4v) is 4.67. The molecule has 1 unspecified atom stereocenters. The van der Waals surface area contributed by atoms with Gasteiger partial charge < -0.3 is 15.2 Å². The zero-order chi connectivity index (χ0) is 19.8. The number of alkyl halides is 3. The van der Waals surface area contributed by atoms with E-state index in [2.05, 4.69) is 5.32 Å². The third kappa shape index (κ3) is 4.65. The second-order valence-electron chi connectivity index (χ2n) is 5.70. The van der Waals surface area contributed by atoms with Crippen LogP contribution < -0.4 is 5.32 Å². The summed E-state index contributed by atoms with van der Waals surface area (Å²) in [6, 6.07) is 2.88. The molecule has 1 saturated heterocycles. The van der Waals surface area contributed by atoms with Crippen molar-refractivity contribution in [1.82, 2.24) is 10.2 Å². The lowest BCUT2D eigenvalue weighted by molar-refractivity contribution is -0.153. The van der Waals surface area contributed by atoms with Gasteiger partial charge in [-0.3, -0.25) is 14.5 Å². The molecule has 2 atom stereocenters. The van der Waals surface area contributed by atoms with Crippen molar-refractivity contribution in [3.05, 3.63) is 33.8 Å². The summed E-state index contributed by atoms with van der Waals surface area (Å²) in [6.07, 6.45) is 0.165. The lowest BCUT2D eigenvalue weighted by Gasteiger charge is -2.48. The number of rotatable bonds is 5. The predicted octanol–water partition coefficient (Wildman–Crippen LogP) is 2.37. The van der Waals surface area contributed by atoms with Gasteiger partial charge in [-0.1, -0.05) is 40.9 Å². The van der Waals surface area contributed by atoms with E-state index < -0.39 is 33.7 Å². The van der Waals surface area contributed by atoms with Gasteiger partial charge in [0.25, 0.3) is 5.91 Å². The number of β-lactam (4-membered cyclic amide) rings is 1. The maximum absolute atomic E-state index is 12.5. The number of amides is 2. The number of thioether (sulfide) groups is 1. The number of hydrogen-bond donors (Lipinski definition) is 2. The number of ether oxygens (including phenoxy) is 1. The molecule has 0 aliphatic carbocycles. The van der Waals surface area contributed by atoms with Crippen molar-refractivity contribution in [3.63, 3.8) is 0 Å². The first-order valence-electron chi connectivity index (χ1n) is 7.60. The highest BCUT2D eigenvalue weighted by Gasteiger charge is 2.54. The lowest BCUT2D eigenvalue weighted by atomic mass is 10.0. The first-order valence-corrected chi connectivity index (χ1v) is 10.7. The van der Waals surface area contributed by atoms with Crippen LogP contribution in [0.1, 0.15) is 4.88 Å². The molecule has 0 aromatic carbocycles. The smallest absolute Gasteiger partial charge is 0.358 e. The van der Waals surface area contributed by atoms with E-state index in [-0.39, 0.29) is 29.5 Å². The second-order valence-corrected chi connectivity index (χ2v) is 10.4. The highest BCUT2D eigenvalue weighted by Crippen LogP contribution is 2.40. The van der Waals surface area contributed by atoms with Crippen LogP contribution in [0.5, 0.6) is 0 Å². The summed E-state index contributed by atoms with van der Waals surface area (Å²) in [5.74, 6) is -2.00. The Balaban J connectivity index is 1.65. The molecule has 3 rings (SSSR count). The Kier molecular flexibility index (Phi) is 6.17. The molecule has 7 nitrogen and oxygen atoms in total. The first kappa shape index (κ1) is 20.6. The van der Waals surface area contributed by atoms with Gasteiger partial charge in [-0.15, -0.1) is 23.1 Å². The first-order chi connectivity index (χ1) is 12.7. The monoisotopic (exact) mass is 470 g/mol. The molecule has 2 aliphatic heterocycles. The minimum absolute atomic E-state index is 0.0872. The van der Waals surface area contributed by atoms with E-state index in [1.54, 1.807) is 0 Å². The van der Waals surface area contributed by atoms with Crippen LogP contribution in [0.25, 0.3) is 0 Å². The number of fused-ring (bicyclic) bond motifs is 1. The van der Waals surface area contributed by atoms with E-state index in [1.165, 1.54) is 23.1 Å². The average molecular weight is 472 g/mol. The normalized spacial score (nSPS) is 22.2. The summed E-state index contributed by atoms with van der Waals surface area (Å²) >= 11 is 19.3. The zero-order valence-electron chi connectivity index (χ0n) is 13.5. The molecule has 1 fully saturated rings. The maximum atomic E-state index is 12.5. The molecular weight excluding hydrogens is 459 g/mol. The molecule has 2 N–H and O–H groups in total. The van der Waals surface area contributed by atoms with Gasteiger partial charge >= 0.3 is 5.97 Å². The van der Waals surface area contributed by atoms with Crippen LogP contribution in [-0.4, -0.2) is 55.4 Å². The van der Waals surface area contributed by atoms with Gasteiger partial charge in [0.2, 0.25) is 9.70 Å². The molecule has 146 valence electrons. The summed E-state index contributed by atoms with van der Waals surface area (Å²) in [5.41, 5.74) is -0.290. The Morgan fingerprint density at radius 2 is 2.15 bits per heavy atom. The zero-order valence-corrected chi connectivity index (χ0v) is 17.4. The summed E-state index contributed by atoms with van der Waals surface area (Å²) in [6.45, 7) is -0.534. The van der Waals surface area contributed by atoms with Gasteiger partial charge in [-0.25, -0.2) is 4.79 Å². The van der Waals surface area contributed by atoms with Crippen molar-refractivity contribution in [2.45, 2.75) is 21.6 Å². The summed E-state index contributed by atoms with van der Waals surface area (Å²) < 4.78 is 3.05. The number of aliphatic hydroxyl groups is 1. The fourth-order valence-electron chi connectivity index (χ4n) is 2.60. The van der Waals surface area contributed by atoms with Crippen LogP contribution in [0.2, 0.25) is 0 Å². The van der Waals surface area contributed by atoms with Crippen LogP contribution in [-0.2, 0) is 25.5 Å². The highest BCUT2D eigenvalue weighted by molar-refractivity contribution is 8.00. The van der Waals surface area contributed by atoms with E-state index in [0.29, 0.717) is 0 Å². The van der Waals surface area contributed by atoms with Crippen LogP contribution in [0.3, 0.4) is 0 Å². The van der Waals surface area contributed by atoms with Crippen LogP contribution in [0.15, 0.2) is 29.0 Å². The molecule has 2 aliphatic rings. The third-order valence-electron chi connectivity index (χ3n) is 3.74. The quantitative estimate of drug-likeness (QED) is 0.389. The minimum atomic E-state index is -1.81. The molecule has 0 radical (unpaired) electrons. The number of nitrogens with one attached hydrogen (secondary N) is 1. The molecule has 0 saturated carbocycles. The maximum Gasteiger partial charge on any atom is 0.358 e. The van der Waals surface area contributed by atoms with E-state index in [4.69, 9.17) is 39.5 Å². The molecule has 1 aromatic rings. The molecule has 0 bridgehead atoms. The van der Waals surface area contributed by atoms with E-state index >= 15 is 0 Å². The van der Waals surface area contributed by atoms with Crippen molar-refractivity contribution in [1.29, 1.82) is 0 Å². The Hall–Kier alpha value is -1.13. The Bertz CT molecular complexity index is 794. The van der Waals surface area contributed by atoms with Crippen molar-refractivity contribution in [2.75, 3.05) is 12.4 Å². The van der Waals surface area contributed by atoms with Crippen LogP contribution in [0, 0.1) is 0 Å². The predicted molar refractivity (Wildman–Crippen MR) is 104 cm³/mol. The highest BCUT2D eigenvalue weighted by atomic mass is 35.6. The SMILES string of the molecule is O=C(Cc1cccs1)NC1C(=O)N2C(C(=O)OCC(Cl)(Cl)Cl)=C(O)CS[C@@H]12. The minimum Gasteiger partial charge on any atom is -0.509 e. The summed E-state index contributed by atoms with van der Waals surface area (Å²) in [7, 11) is 0. The van der Waals surface area contributed by atoms with Crippen molar-refractivity contribution < 1.29 is 24.2 Å². The molecule has 1 aromatic heterocycles. The summed E-state index contributed by atoms with van der Waals surface area (Å²) in [5, 5.41) is 14.0. The second kappa shape index (κ2) is 8.08. The Morgan fingerprint density at radius 3 is 2.78 bits per heavy atom. The number of thiophene rings is 1. The van der Waals surface area contributed by atoms with Crippen molar-refractivity contribution >= 4 is 75.7 Å². The molecule has 3 heterocycles. The van der Waals surface area contributed by atoms with Gasteiger partial charge in [0.05, 0.1) is 12.2 Å².